The molecule has 0 radical (unpaired) electrons. The molecule has 0 saturated heterocycles. The highest BCUT2D eigenvalue weighted by molar-refractivity contribution is 5.84. The summed E-state index contributed by atoms with van der Waals surface area (Å²) in [5.41, 5.74) is 1.69. The van der Waals surface area contributed by atoms with Gasteiger partial charge < -0.3 is 9.47 Å². The Morgan fingerprint density at radius 3 is 2.65 bits per heavy atom. The van der Waals surface area contributed by atoms with Gasteiger partial charge in [-0.1, -0.05) is 0 Å². The molecule has 17 heavy (non-hydrogen) atoms. The van der Waals surface area contributed by atoms with Gasteiger partial charge in [0.05, 0.1) is 12.7 Å². The molecule has 0 unspecified atom stereocenters. The van der Waals surface area contributed by atoms with E-state index in [-0.39, 0.29) is 6.10 Å². The zero-order valence-electron chi connectivity index (χ0n) is 10.7. The summed E-state index contributed by atoms with van der Waals surface area (Å²) in [4.78, 5) is 11.2. The molecule has 1 aromatic carbocycles. The first-order chi connectivity index (χ1) is 8.02. The number of rotatable bonds is 4. The third kappa shape index (κ3) is 4.34. The highest BCUT2D eigenvalue weighted by atomic mass is 16.5. The molecular formula is C13H19NO3. The molecule has 0 saturated carbocycles. The summed E-state index contributed by atoms with van der Waals surface area (Å²) in [5.74, 6) is 0.828. The second-order valence-electron chi connectivity index (χ2n) is 3.99. The van der Waals surface area contributed by atoms with E-state index in [1.165, 1.54) is 0 Å². The van der Waals surface area contributed by atoms with Gasteiger partial charge in [-0.25, -0.2) is 4.79 Å². The smallest absolute Gasteiger partial charge is 0.411 e. The van der Waals surface area contributed by atoms with Crippen molar-refractivity contribution in [2.45, 2.75) is 33.8 Å². The SMILES string of the molecule is CCOC(=O)Nc1ccc(OC(C)C)c(C)c1. The maximum atomic E-state index is 11.2. The van der Waals surface area contributed by atoms with Crippen molar-refractivity contribution in [3.05, 3.63) is 23.8 Å². The minimum absolute atomic E-state index is 0.137. The van der Waals surface area contributed by atoms with Crippen LogP contribution in [-0.4, -0.2) is 18.8 Å². The average molecular weight is 237 g/mol. The number of amides is 1. The molecule has 1 amide bonds. The number of hydrogen-bond acceptors (Lipinski definition) is 3. The van der Waals surface area contributed by atoms with Crippen molar-refractivity contribution in [3.8, 4) is 5.75 Å². The van der Waals surface area contributed by atoms with Gasteiger partial charge in [-0.2, -0.15) is 0 Å². The van der Waals surface area contributed by atoms with E-state index < -0.39 is 6.09 Å². The molecule has 0 aliphatic heterocycles. The van der Waals surface area contributed by atoms with Gasteiger partial charge in [-0.3, -0.25) is 5.32 Å². The van der Waals surface area contributed by atoms with Crippen molar-refractivity contribution in [2.75, 3.05) is 11.9 Å². The molecule has 94 valence electrons. The Labute approximate surface area is 102 Å². The van der Waals surface area contributed by atoms with Gasteiger partial charge in [0.25, 0.3) is 0 Å². The van der Waals surface area contributed by atoms with Crippen LogP contribution in [0.5, 0.6) is 5.75 Å². The number of ether oxygens (including phenoxy) is 2. The van der Waals surface area contributed by atoms with Crippen LogP contribution in [0.25, 0.3) is 0 Å². The first-order valence-corrected chi connectivity index (χ1v) is 5.74. The van der Waals surface area contributed by atoms with Crippen LogP contribution in [0.3, 0.4) is 0 Å². The lowest BCUT2D eigenvalue weighted by Gasteiger charge is -2.13. The van der Waals surface area contributed by atoms with E-state index in [4.69, 9.17) is 9.47 Å². The predicted molar refractivity (Wildman–Crippen MR) is 67.6 cm³/mol. The molecule has 1 aromatic rings. The molecular weight excluding hydrogens is 218 g/mol. The first kappa shape index (κ1) is 13.4. The third-order valence-electron chi connectivity index (χ3n) is 2.06. The van der Waals surface area contributed by atoms with Crippen molar-refractivity contribution in [2.24, 2.45) is 0 Å². The van der Waals surface area contributed by atoms with E-state index in [1.54, 1.807) is 13.0 Å². The van der Waals surface area contributed by atoms with Crippen LogP contribution >= 0.6 is 0 Å². The topological polar surface area (TPSA) is 47.6 Å². The molecule has 0 fully saturated rings. The number of aryl methyl sites for hydroxylation is 1. The number of anilines is 1. The highest BCUT2D eigenvalue weighted by Crippen LogP contribution is 2.22. The van der Waals surface area contributed by atoms with Gasteiger partial charge in [-0.15, -0.1) is 0 Å². The Balaban J connectivity index is 2.71. The van der Waals surface area contributed by atoms with E-state index in [9.17, 15) is 4.79 Å². The zero-order chi connectivity index (χ0) is 12.8. The van der Waals surface area contributed by atoms with Crippen LogP contribution in [0.15, 0.2) is 18.2 Å². The maximum Gasteiger partial charge on any atom is 0.411 e. The molecule has 4 nitrogen and oxygen atoms in total. The normalized spacial score (nSPS) is 10.2. The van der Waals surface area contributed by atoms with Gasteiger partial charge in [0, 0.05) is 5.69 Å². The number of carbonyl (C=O) groups excluding carboxylic acids is 1. The van der Waals surface area contributed by atoms with Crippen molar-refractivity contribution >= 4 is 11.8 Å². The Morgan fingerprint density at radius 1 is 1.41 bits per heavy atom. The fourth-order valence-electron chi connectivity index (χ4n) is 1.40. The molecule has 0 aliphatic carbocycles. The predicted octanol–water partition coefficient (Wildman–Crippen LogP) is 3.35. The van der Waals surface area contributed by atoms with Gasteiger partial charge in [0.1, 0.15) is 5.75 Å². The summed E-state index contributed by atoms with van der Waals surface area (Å²) in [6.45, 7) is 8.02. The second kappa shape index (κ2) is 6.13. The lowest BCUT2D eigenvalue weighted by molar-refractivity contribution is 0.168. The van der Waals surface area contributed by atoms with Crippen LogP contribution < -0.4 is 10.1 Å². The molecule has 0 bridgehead atoms. The Hall–Kier alpha value is -1.71. The Bertz CT molecular complexity index is 388. The number of nitrogens with one attached hydrogen (secondary N) is 1. The van der Waals surface area contributed by atoms with Crippen LogP contribution in [0, 0.1) is 6.92 Å². The van der Waals surface area contributed by atoms with Gasteiger partial charge in [-0.05, 0) is 51.5 Å². The van der Waals surface area contributed by atoms with E-state index in [2.05, 4.69) is 5.32 Å². The summed E-state index contributed by atoms with van der Waals surface area (Å²) in [5, 5.41) is 2.65. The highest BCUT2D eigenvalue weighted by Gasteiger charge is 2.06. The second-order valence-corrected chi connectivity index (χ2v) is 3.99. The fraction of sp³-hybridized carbons (Fsp3) is 0.462. The maximum absolute atomic E-state index is 11.2. The number of hydrogen-bond donors (Lipinski definition) is 1. The minimum Gasteiger partial charge on any atom is -0.491 e. The van der Waals surface area contributed by atoms with Gasteiger partial charge >= 0.3 is 6.09 Å². The fourth-order valence-corrected chi connectivity index (χ4v) is 1.40. The van der Waals surface area contributed by atoms with Gasteiger partial charge in [0.2, 0.25) is 0 Å². The van der Waals surface area contributed by atoms with Crippen molar-refractivity contribution < 1.29 is 14.3 Å². The molecule has 0 atom stereocenters. The Kier molecular flexibility index (Phi) is 4.82. The van der Waals surface area contributed by atoms with Crippen molar-refractivity contribution in [1.29, 1.82) is 0 Å². The summed E-state index contributed by atoms with van der Waals surface area (Å²) in [6, 6.07) is 5.49. The van der Waals surface area contributed by atoms with Gasteiger partial charge in [0.15, 0.2) is 0 Å². The van der Waals surface area contributed by atoms with Crippen molar-refractivity contribution in [1.82, 2.24) is 0 Å². The standard InChI is InChI=1S/C13H19NO3/c1-5-16-13(15)14-11-6-7-12(10(4)8-11)17-9(2)3/h6-9H,5H2,1-4H3,(H,14,15). The lowest BCUT2D eigenvalue weighted by Crippen LogP contribution is -2.13. The third-order valence-corrected chi connectivity index (χ3v) is 2.06. The van der Waals surface area contributed by atoms with E-state index >= 15 is 0 Å². The van der Waals surface area contributed by atoms with Crippen LogP contribution in [-0.2, 0) is 4.74 Å². The number of carbonyl (C=O) groups is 1. The summed E-state index contributed by atoms with van der Waals surface area (Å²) >= 11 is 0. The molecule has 4 heteroatoms. The van der Waals surface area contributed by atoms with Crippen LogP contribution in [0.4, 0.5) is 10.5 Å². The van der Waals surface area contributed by atoms with Crippen LogP contribution in [0.2, 0.25) is 0 Å². The molecule has 1 N–H and O–H groups in total. The van der Waals surface area contributed by atoms with E-state index in [1.807, 2.05) is 32.9 Å². The molecule has 0 aromatic heterocycles. The quantitative estimate of drug-likeness (QED) is 0.873. The summed E-state index contributed by atoms with van der Waals surface area (Å²) < 4.78 is 10.4. The molecule has 1 rings (SSSR count). The van der Waals surface area contributed by atoms with Crippen LogP contribution in [0.1, 0.15) is 26.3 Å². The van der Waals surface area contributed by atoms with E-state index in [0.29, 0.717) is 12.3 Å². The molecule has 0 heterocycles. The molecule has 0 aliphatic rings. The molecule has 0 spiro atoms. The zero-order valence-corrected chi connectivity index (χ0v) is 10.7. The summed E-state index contributed by atoms with van der Waals surface area (Å²) in [6.07, 6.45) is -0.304. The number of benzene rings is 1. The largest absolute Gasteiger partial charge is 0.491 e. The lowest BCUT2D eigenvalue weighted by atomic mass is 10.2. The van der Waals surface area contributed by atoms with Crippen molar-refractivity contribution in [3.63, 3.8) is 0 Å². The first-order valence-electron chi connectivity index (χ1n) is 5.74. The summed E-state index contributed by atoms with van der Waals surface area (Å²) in [7, 11) is 0. The monoisotopic (exact) mass is 237 g/mol. The average Bonchev–Trinajstić information content (AvgIpc) is 2.22. The Morgan fingerprint density at radius 2 is 2.12 bits per heavy atom. The minimum atomic E-state index is -0.440. The van der Waals surface area contributed by atoms with E-state index in [0.717, 1.165) is 11.3 Å².